The molecule has 232 valence electrons. The van der Waals surface area contributed by atoms with Crippen LogP contribution in [0.3, 0.4) is 0 Å². The number of aliphatic hydroxyl groups is 3. The summed E-state index contributed by atoms with van der Waals surface area (Å²) in [4.78, 5) is 13.5. The van der Waals surface area contributed by atoms with Crippen LogP contribution in [0.15, 0.2) is 48.1 Å². The molecular formula is C34H48O8. The van der Waals surface area contributed by atoms with Crippen LogP contribution in [0, 0.1) is 17.8 Å². The minimum absolute atomic E-state index is 0.236. The predicted octanol–water partition coefficient (Wildman–Crippen LogP) is 4.43. The van der Waals surface area contributed by atoms with Crippen molar-refractivity contribution < 1.29 is 39.1 Å². The van der Waals surface area contributed by atoms with Crippen molar-refractivity contribution in [3.8, 4) is 0 Å². The quantitative estimate of drug-likeness (QED) is 0.134. The summed E-state index contributed by atoms with van der Waals surface area (Å²) in [7, 11) is 0. The highest BCUT2D eigenvalue weighted by atomic mass is 16.9. The fraction of sp³-hybridized carbons (Fsp3) is 0.735. The Hall–Kier alpha value is -1.65. The van der Waals surface area contributed by atoms with Crippen molar-refractivity contribution in [1.29, 1.82) is 0 Å². The second kappa shape index (κ2) is 10.5. The number of Topliss-reactive ketones (excluding diaryl/α,β-unsaturated/α-hetero) is 1. The molecule has 3 N–H and O–H groups in total. The van der Waals surface area contributed by atoms with E-state index in [-0.39, 0.29) is 5.92 Å². The van der Waals surface area contributed by atoms with E-state index in [0.717, 1.165) is 18.4 Å². The van der Waals surface area contributed by atoms with Gasteiger partial charge in [-0.15, -0.1) is 0 Å². The summed E-state index contributed by atoms with van der Waals surface area (Å²) in [5.74, 6) is -3.80. The number of hydrogen-bond donors (Lipinski definition) is 3. The van der Waals surface area contributed by atoms with Crippen molar-refractivity contribution in [2.24, 2.45) is 17.8 Å². The molecule has 3 heterocycles. The SMILES string of the molecule is C=C(C)[C@]12C[C@@H](C)[C@@]34OC(/C=C/C=C\CCCCCCCCC)(O[C@@H]1C3[C@@H]1O[C@]1(CO)[C@@H](O)[C@]1(O)C(=O)C(C)=CC41)O2. The molecule has 3 aliphatic heterocycles. The Labute approximate surface area is 249 Å². The van der Waals surface area contributed by atoms with Crippen LogP contribution in [-0.2, 0) is 23.7 Å². The predicted molar refractivity (Wildman–Crippen MR) is 156 cm³/mol. The molecule has 0 spiro atoms. The van der Waals surface area contributed by atoms with Gasteiger partial charge in [-0.2, -0.15) is 0 Å². The first-order chi connectivity index (χ1) is 20.0. The highest BCUT2D eigenvalue weighted by molar-refractivity contribution is 6.05. The summed E-state index contributed by atoms with van der Waals surface area (Å²) in [6, 6.07) is 0. The second-order valence-electron chi connectivity index (χ2n) is 13.7. The molecule has 42 heavy (non-hydrogen) atoms. The number of epoxide rings is 1. The number of ketones is 1. The van der Waals surface area contributed by atoms with Gasteiger partial charge in [0.1, 0.15) is 29.5 Å². The summed E-state index contributed by atoms with van der Waals surface area (Å²) < 4.78 is 26.5. The van der Waals surface area contributed by atoms with Crippen LogP contribution >= 0.6 is 0 Å². The number of fused-ring (bicyclic) bond motifs is 3. The van der Waals surface area contributed by atoms with Gasteiger partial charge in [-0.1, -0.05) is 83.3 Å². The Kier molecular flexibility index (Phi) is 7.57. The molecule has 0 radical (unpaired) electrons. The Balaban J connectivity index is 1.31. The monoisotopic (exact) mass is 584 g/mol. The zero-order valence-corrected chi connectivity index (χ0v) is 25.5. The second-order valence-corrected chi connectivity index (χ2v) is 13.7. The number of carbonyl (C=O) groups is 1. The molecule has 3 unspecified atom stereocenters. The Morgan fingerprint density at radius 1 is 1.10 bits per heavy atom. The van der Waals surface area contributed by atoms with Gasteiger partial charge in [0, 0.05) is 17.9 Å². The molecule has 11 atom stereocenters. The smallest absolute Gasteiger partial charge is 0.306 e. The lowest BCUT2D eigenvalue weighted by Gasteiger charge is -2.59. The molecule has 3 saturated heterocycles. The fourth-order valence-corrected chi connectivity index (χ4v) is 8.98. The zero-order valence-electron chi connectivity index (χ0n) is 25.5. The molecule has 3 bridgehead atoms. The van der Waals surface area contributed by atoms with Crippen LogP contribution in [0.1, 0.15) is 85.5 Å². The molecule has 2 saturated carbocycles. The lowest BCUT2D eigenvalue weighted by molar-refractivity contribution is -0.406. The first-order valence-electron chi connectivity index (χ1n) is 16.0. The van der Waals surface area contributed by atoms with Gasteiger partial charge in [0.05, 0.1) is 12.2 Å². The van der Waals surface area contributed by atoms with Crippen molar-refractivity contribution in [1.82, 2.24) is 0 Å². The standard InChI is InChI=1S/C34H48O8/c1-6-7-8-9-10-11-12-13-14-15-16-17-32-40-27-25-28-31(20-35,39-28)29(37)33(38)24(18-22(4)26(33)36)34(25,42-32)23(5)19-30(27,41-32)21(2)3/h14-18,23-25,27-29,35,37-38H,2,6-13,19-20H2,1,3-5H3/b15-14-,17-16+/t23-,24?,25?,27-,28+,29-,30-,31+,32?,33-,34+/m1/s1. The zero-order chi connectivity index (χ0) is 30.1. The molecule has 6 rings (SSSR count). The Bertz CT molecular complexity index is 1210. The minimum Gasteiger partial charge on any atom is -0.393 e. The van der Waals surface area contributed by atoms with E-state index < -0.39 is 70.9 Å². The van der Waals surface area contributed by atoms with Crippen molar-refractivity contribution >= 4 is 5.78 Å². The van der Waals surface area contributed by atoms with Gasteiger partial charge in [0.25, 0.3) is 0 Å². The summed E-state index contributed by atoms with van der Waals surface area (Å²) >= 11 is 0. The highest BCUT2D eigenvalue weighted by Crippen LogP contribution is 2.72. The maximum Gasteiger partial charge on any atom is 0.306 e. The van der Waals surface area contributed by atoms with Crippen molar-refractivity contribution in [2.45, 2.75) is 132 Å². The van der Waals surface area contributed by atoms with Gasteiger partial charge in [0.2, 0.25) is 0 Å². The molecular weight excluding hydrogens is 536 g/mol. The van der Waals surface area contributed by atoms with Crippen molar-refractivity contribution in [3.05, 3.63) is 48.1 Å². The lowest BCUT2D eigenvalue weighted by Crippen LogP contribution is -2.72. The number of carbonyl (C=O) groups excluding carboxylic acids is 1. The van der Waals surface area contributed by atoms with E-state index in [1.165, 1.54) is 38.5 Å². The van der Waals surface area contributed by atoms with E-state index in [1.54, 1.807) is 19.1 Å². The van der Waals surface area contributed by atoms with Crippen LogP contribution in [-0.4, -0.2) is 74.4 Å². The molecule has 0 aromatic rings. The summed E-state index contributed by atoms with van der Waals surface area (Å²) in [6.45, 7) is 11.6. The third kappa shape index (κ3) is 3.95. The summed E-state index contributed by atoms with van der Waals surface area (Å²) in [5.41, 5.74) is -4.66. The van der Waals surface area contributed by atoms with E-state index in [4.69, 9.17) is 18.9 Å². The maximum absolute atomic E-state index is 13.5. The molecule has 0 aromatic heterocycles. The number of unbranched alkanes of at least 4 members (excludes halogenated alkanes) is 7. The van der Waals surface area contributed by atoms with Gasteiger partial charge in [-0.25, -0.2) is 0 Å². The van der Waals surface area contributed by atoms with Crippen LogP contribution in [0.2, 0.25) is 0 Å². The average molecular weight is 585 g/mol. The van der Waals surface area contributed by atoms with Crippen LogP contribution in [0.4, 0.5) is 0 Å². The number of ether oxygens (including phenoxy) is 4. The number of aliphatic hydroxyl groups excluding tert-OH is 2. The number of rotatable bonds is 12. The molecule has 3 aliphatic carbocycles. The highest BCUT2D eigenvalue weighted by Gasteiger charge is 2.88. The normalized spacial score (nSPS) is 48.4. The number of allylic oxidation sites excluding steroid dienone is 3. The van der Waals surface area contributed by atoms with Crippen molar-refractivity contribution in [2.75, 3.05) is 6.61 Å². The minimum atomic E-state index is -2.22. The molecule has 5 fully saturated rings. The lowest BCUT2D eigenvalue weighted by atomic mass is 9.54. The maximum atomic E-state index is 13.5. The summed E-state index contributed by atoms with van der Waals surface area (Å²) in [5, 5.41) is 34.2. The van der Waals surface area contributed by atoms with Crippen molar-refractivity contribution in [3.63, 3.8) is 0 Å². The summed E-state index contributed by atoms with van der Waals surface area (Å²) in [6.07, 6.45) is 16.9. The van der Waals surface area contributed by atoms with Crippen LogP contribution < -0.4 is 0 Å². The topological polar surface area (TPSA) is 118 Å². The largest absolute Gasteiger partial charge is 0.393 e. The van der Waals surface area contributed by atoms with Gasteiger partial charge < -0.3 is 34.3 Å². The van der Waals surface area contributed by atoms with E-state index in [0.29, 0.717) is 12.0 Å². The first kappa shape index (κ1) is 30.4. The molecule has 8 heteroatoms. The van der Waals surface area contributed by atoms with E-state index in [1.807, 2.05) is 26.0 Å². The Morgan fingerprint density at radius 2 is 1.81 bits per heavy atom. The molecule has 0 aromatic carbocycles. The first-order valence-corrected chi connectivity index (χ1v) is 16.0. The molecule has 0 amide bonds. The third-order valence-corrected chi connectivity index (χ3v) is 11.2. The number of hydrogen-bond acceptors (Lipinski definition) is 8. The Morgan fingerprint density at radius 3 is 2.50 bits per heavy atom. The van der Waals surface area contributed by atoms with E-state index >= 15 is 0 Å². The van der Waals surface area contributed by atoms with E-state index in [2.05, 4.69) is 19.6 Å². The van der Waals surface area contributed by atoms with Gasteiger partial charge >= 0.3 is 5.97 Å². The van der Waals surface area contributed by atoms with Gasteiger partial charge in [-0.05, 0) is 50.2 Å². The van der Waals surface area contributed by atoms with Crippen LogP contribution in [0.5, 0.6) is 0 Å². The third-order valence-electron chi connectivity index (χ3n) is 11.2. The van der Waals surface area contributed by atoms with Gasteiger partial charge in [-0.3, -0.25) is 4.79 Å². The fourth-order valence-electron chi connectivity index (χ4n) is 8.98. The molecule has 8 nitrogen and oxygen atoms in total. The van der Waals surface area contributed by atoms with Gasteiger partial charge in [0.15, 0.2) is 11.4 Å². The molecule has 6 aliphatic rings. The van der Waals surface area contributed by atoms with Crippen LogP contribution in [0.25, 0.3) is 0 Å². The average Bonchev–Trinajstić information content (AvgIpc) is 3.60. The van der Waals surface area contributed by atoms with E-state index in [9.17, 15) is 20.1 Å².